The monoisotopic (exact) mass is 306 g/mol. The van der Waals surface area contributed by atoms with E-state index in [0.717, 1.165) is 30.3 Å². The maximum absolute atomic E-state index is 12.6. The number of carbonyl (C=O) groups excluding carboxylic acids is 1. The highest BCUT2D eigenvalue weighted by Crippen LogP contribution is 2.33. The molecule has 2 aliphatic rings. The summed E-state index contributed by atoms with van der Waals surface area (Å²) in [6.07, 6.45) is 1.04. The van der Waals surface area contributed by atoms with Crippen LogP contribution in [-0.2, 0) is 4.79 Å². The first kappa shape index (κ1) is 14.7. The van der Waals surface area contributed by atoms with Crippen molar-refractivity contribution in [3.05, 3.63) is 29.8 Å². The lowest BCUT2D eigenvalue weighted by molar-refractivity contribution is -0.133. The van der Waals surface area contributed by atoms with Gasteiger partial charge in [0, 0.05) is 30.1 Å². The van der Waals surface area contributed by atoms with Gasteiger partial charge in [0.1, 0.15) is 5.75 Å². The summed E-state index contributed by atoms with van der Waals surface area (Å²) in [5.41, 5.74) is 1.30. The van der Waals surface area contributed by atoms with Crippen LogP contribution in [-0.4, -0.2) is 48.2 Å². The van der Waals surface area contributed by atoms with Crippen LogP contribution < -0.4 is 10.1 Å². The maximum atomic E-state index is 12.6. The number of hydrogen-bond donors (Lipinski definition) is 1. The molecule has 0 radical (unpaired) electrons. The van der Waals surface area contributed by atoms with E-state index in [-0.39, 0.29) is 11.9 Å². The summed E-state index contributed by atoms with van der Waals surface area (Å²) in [7, 11) is 1.68. The van der Waals surface area contributed by atoms with Crippen molar-refractivity contribution >= 4 is 17.7 Å². The van der Waals surface area contributed by atoms with Gasteiger partial charge in [0.25, 0.3) is 0 Å². The molecule has 2 aliphatic heterocycles. The number of carbonyl (C=O) groups is 1. The van der Waals surface area contributed by atoms with Crippen molar-refractivity contribution in [2.45, 2.75) is 31.3 Å². The minimum atomic E-state index is 0.00654. The summed E-state index contributed by atoms with van der Waals surface area (Å²) < 4.78 is 5.20. The molecule has 0 saturated carbocycles. The van der Waals surface area contributed by atoms with Crippen LogP contribution >= 0.6 is 11.8 Å². The first-order chi connectivity index (χ1) is 10.2. The van der Waals surface area contributed by atoms with Gasteiger partial charge in [0.05, 0.1) is 13.2 Å². The van der Waals surface area contributed by atoms with Gasteiger partial charge >= 0.3 is 0 Å². The lowest BCUT2D eigenvalue weighted by Gasteiger charge is -2.24. The largest absolute Gasteiger partial charge is 0.497 e. The molecule has 114 valence electrons. The number of hydrogen-bond acceptors (Lipinski definition) is 4. The summed E-state index contributed by atoms with van der Waals surface area (Å²) in [5.74, 6) is 3.37. The Balaban J connectivity index is 1.68. The minimum Gasteiger partial charge on any atom is -0.497 e. The van der Waals surface area contributed by atoms with Crippen LogP contribution in [0.5, 0.6) is 5.75 Å². The van der Waals surface area contributed by atoms with Gasteiger partial charge < -0.3 is 9.64 Å². The van der Waals surface area contributed by atoms with Gasteiger partial charge in [-0.05, 0) is 31.0 Å². The van der Waals surface area contributed by atoms with E-state index in [1.807, 2.05) is 12.1 Å². The van der Waals surface area contributed by atoms with Crippen LogP contribution in [0.1, 0.15) is 24.8 Å². The summed E-state index contributed by atoms with van der Waals surface area (Å²) in [5, 5.41) is 3.28. The number of thioether (sulfide) groups is 1. The molecule has 2 fully saturated rings. The molecule has 3 atom stereocenters. The molecular formula is C16H22N2O2S. The number of ether oxygens (including phenoxy) is 1. The molecule has 3 rings (SSSR count). The number of likely N-dealkylation sites (tertiary alicyclic amines) is 1. The minimum absolute atomic E-state index is 0.00654. The van der Waals surface area contributed by atoms with Crippen molar-refractivity contribution < 1.29 is 9.53 Å². The second kappa shape index (κ2) is 6.28. The Labute approximate surface area is 130 Å². The molecular weight excluding hydrogens is 284 g/mol. The number of nitrogens with zero attached hydrogens (tertiary/aromatic N) is 1. The zero-order chi connectivity index (χ0) is 14.8. The van der Waals surface area contributed by atoms with Crippen molar-refractivity contribution in [3.63, 3.8) is 0 Å². The van der Waals surface area contributed by atoms with Crippen molar-refractivity contribution in [1.82, 2.24) is 10.2 Å². The van der Waals surface area contributed by atoms with Gasteiger partial charge in [-0.3, -0.25) is 10.1 Å². The third kappa shape index (κ3) is 3.04. The quantitative estimate of drug-likeness (QED) is 0.928. The Hall–Kier alpha value is -1.20. The summed E-state index contributed by atoms with van der Waals surface area (Å²) in [6, 6.07) is 8.56. The highest BCUT2D eigenvalue weighted by Gasteiger charge is 2.37. The summed E-state index contributed by atoms with van der Waals surface area (Å²) in [6.45, 7) is 2.98. The molecule has 1 N–H and O–H groups in total. The Morgan fingerprint density at radius 3 is 2.76 bits per heavy atom. The van der Waals surface area contributed by atoms with Crippen molar-refractivity contribution in [2.75, 3.05) is 25.3 Å². The lowest BCUT2D eigenvalue weighted by atomic mass is 9.97. The molecule has 3 unspecified atom stereocenters. The van der Waals surface area contributed by atoms with Crippen molar-refractivity contribution in [2.24, 2.45) is 0 Å². The van der Waals surface area contributed by atoms with Crippen LogP contribution in [0.3, 0.4) is 0 Å². The molecule has 2 saturated heterocycles. The predicted octanol–water partition coefficient (Wildman–Crippen LogP) is 2.06. The molecule has 4 nitrogen and oxygen atoms in total. The number of methoxy groups -OCH3 is 1. The zero-order valence-electron chi connectivity index (χ0n) is 12.5. The molecule has 2 heterocycles. The topological polar surface area (TPSA) is 41.6 Å². The fourth-order valence-electron chi connectivity index (χ4n) is 3.21. The van der Waals surface area contributed by atoms with Gasteiger partial charge in [-0.15, -0.1) is 11.8 Å². The Morgan fingerprint density at radius 1 is 1.38 bits per heavy atom. The van der Waals surface area contributed by atoms with E-state index in [0.29, 0.717) is 12.0 Å². The third-order valence-electron chi connectivity index (χ3n) is 4.46. The Morgan fingerprint density at radius 2 is 2.14 bits per heavy atom. The van der Waals surface area contributed by atoms with Crippen molar-refractivity contribution in [1.29, 1.82) is 0 Å². The smallest absolute Gasteiger partial charge is 0.240 e. The van der Waals surface area contributed by atoms with Crippen LogP contribution in [0.4, 0.5) is 0 Å². The number of amides is 1. The van der Waals surface area contributed by atoms with Crippen LogP contribution in [0.15, 0.2) is 24.3 Å². The Kier molecular flexibility index (Phi) is 4.40. The molecule has 5 heteroatoms. The number of benzene rings is 1. The van der Waals surface area contributed by atoms with E-state index >= 15 is 0 Å². The highest BCUT2D eigenvalue weighted by molar-refractivity contribution is 7.99. The van der Waals surface area contributed by atoms with E-state index in [9.17, 15) is 4.79 Å². The first-order valence-electron chi connectivity index (χ1n) is 7.44. The standard InChI is InChI=1S/C16H22N2O2S/c1-11-7-13(12-3-5-14(20-2)6-4-12)8-18(11)16(19)15-9-21-10-17-15/h3-6,11,13,15,17H,7-10H2,1-2H3. The summed E-state index contributed by atoms with van der Waals surface area (Å²) >= 11 is 1.80. The van der Waals surface area contributed by atoms with Gasteiger partial charge in [-0.2, -0.15) is 0 Å². The SMILES string of the molecule is COc1ccc(C2CC(C)N(C(=O)C3CSCN3)C2)cc1. The summed E-state index contributed by atoms with van der Waals surface area (Å²) in [4.78, 5) is 14.6. The number of nitrogens with one attached hydrogen (secondary N) is 1. The van der Waals surface area contributed by atoms with Crippen LogP contribution in [0.2, 0.25) is 0 Å². The molecule has 21 heavy (non-hydrogen) atoms. The van der Waals surface area contributed by atoms with Gasteiger partial charge in [0.2, 0.25) is 5.91 Å². The average molecular weight is 306 g/mol. The molecule has 1 amide bonds. The molecule has 0 bridgehead atoms. The first-order valence-corrected chi connectivity index (χ1v) is 8.60. The normalized spacial score (nSPS) is 28.9. The fourth-order valence-corrected chi connectivity index (χ4v) is 4.14. The van der Waals surface area contributed by atoms with E-state index in [2.05, 4.69) is 29.3 Å². The molecule has 0 spiro atoms. The van der Waals surface area contributed by atoms with Crippen molar-refractivity contribution in [3.8, 4) is 5.75 Å². The van der Waals surface area contributed by atoms with Crippen LogP contribution in [0, 0.1) is 0 Å². The van der Waals surface area contributed by atoms with Gasteiger partial charge in [-0.25, -0.2) is 0 Å². The highest BCUT2D eigenvalue weighted by atomic mass is 32.2. The molecule has 1 aromatic carbocycles. The lowest BCUT2D eigenvalue weighted by Crippen LogP contribution is -2.46. The average Bonchev–Trinajstić information content (AvgIpc) is 3.16. The fraction of sp³-hybridized carbons (Fsp3) is 0.562. The second-order valence-corrected chi connectivity index (χ2v) is 6.85. The zero-order valence-corrected chi connectivity index (χ0v) is 13.4. The van der Waals surface area contributed by atoms with E-state index < -0.39 is 0 Å². The molecule has 0 aliphatic carbocycles. The molecule has 0 aromatic heterocycles. The number of rotatable bonds is 3. The van der Waals surface area contributed by atoms with E-state index in [1.54, 1.807) is 18.9 Å². The van der Waals surface area contributed by atoms with E-state index in [4.69, 9.17) is 4.74 Å². The van der Waals surface area contributed by atoms with Gasteiger partial charge in [-0.1, -0.05) is 12.1 Å². The maximum Gasteiger partial charge on any atom is 0.240 e. The third-order valence-corrected chi connectivity index (χ3v) is 5.40. The molecule has 1 aromatic rings. The van der Waals surface area contributed by atoms with Gasteiger partial charge in [0.15, 0.2) is 0 Å². The second-order valence-electron chi connectivity index (χ2n) is 5.82. The Bertz CT molecular complexity index is 500. The predicted molar refractivity (Wildman–Crippen MR) is 85.8 cm³/mol. The van der Waals surface area contributed by atoms with Crippen LogP contribution in [0.25, 0.3) is 0 Å². The van der Waals surface area contributed by atoms with E-state index in [1.165, 1.54) is 5.56 Å².